The summed E-state index contributed by atoms with van der Waals surface area (Å²) in [5, 5.41) is 6.66. The van der Waals surface area contributed by atoms with E-state index in [1.165, 1.54) is 25.7 Å². The Hall–Kier alpha value is -0.220. The maximum Gasteiger partial charge on any atom is 0.243 e. The molecule has 0 aromatic heterocycles. The molecule has 1 aliphatic carbocycles. The standard InChI is InChI=1S/C18H36N4O2S.HI/c1-5-24-16(15-8-6-7-9-15)10-11-19-18(20-12-13-25-4)21-14-17(23)22(2)3;/h15-16H,5-14H2,1-4H3,(H2,19,20,21);1H. The monoisotopic (exact) mass is 500 g/mol. The zero-order valence-corrected chi connectivity index (χ0v) is 19.9. The highest BCUT2D eigenvalue weighted by atomic mass is 127. The van der Waals surface area contributed by atoms with Crippen molar-refractivity contribution in [3.63, 3.8) is 0 Å². The summed E-state index contributed by atoms with van der Waals surface area (Å²) in [4.78, 5) is 17.7. The van der Waals surface area contributed by atoms with E-state index in [2.05, 4.69) is 28.8 Å². The lowest BCUT2D eigenvalue weighted by molar-refractivity contribution is -0.127. The number of rotatable bonds is 11. The summed E-state index contributed by atoms with van der Waals surface area (Å²) in [6.07, 6.45) is 8.62. The minimum absolute atomic E-state index is 0. The van der Waals surface area contributed by atoms with Gasteiger partial charge in [-0.05, 0) is 38.4 Å². The molecule has 0 heterocycles. The number of likely N-dealkylation sites (N-methyl/N-ethyl adjacent to an activating group) is 1. The van der Waals surface area contributed by atoms with Gasteiger partial charge in [0, 0.05) is 39.5 Å². The van der Waals surface area contributed by atoms with E-state index in [0.717, 1.165) is 31.9 Å². The van der Waals surface area contributed by atoms with E-state index >= 15 is 0 Å². The molecule has 8 heteroatoms. The lowest BCUT2D eigenvalue weighted by Crippen LogP contribution is -2.41. The van der Waals surface area contributed by atoms with Crippen molar-refractivity contribution in [3.8, 4) is 0 Å². The molecule has 1 aliphatic rings. The molecule has 0 aromatic carbocycles. The van der Waals surface area contributed by atoms with Crippen molar-refractivity contribution in [2.24, 2.45) is 10.9 Å². The van der Waals surface area contributed by atoms with Crippen molar-refractivity contribution in [2.45, 2.75) is 45.1 Å². The van der Waals surface area contributed by atoms with E-state index in [4.69, 9.17) is 4.74 Å². The summed E-state index contributed by atoms with van der Waals surface area (Å²) in [5.41, 5.74) is 0. The summed E-state index contributed by atoms with van der Waals surface area (Å²) < 4.78 is 5.97. The SMILES string of the molecule is CCOC(CCNC(=NCC(=O)N(C)C)NCCSC)C1CCCC1.I. The Morgan fingerprint density at radius 3 is 2.50 bits per heavy atom. The van der Waals surface area contributed by atoms with Gasteiger partial charge < -0.3 is 20.3 Å². The number of ether oxygens (including phenoxy) is 1. The van der Waals surface area contributed by atoms with Crippen LogP contribution in [0.2, 0.25) is 0 Å². The number of thioether (sulfide) groups is 1. The minimum Gasteiger partial charge on any atom is -0.378 e. The van der Waals surface area contributed by atoms with Gasteiger partial charge in [0.15, 0.2) is 5.96 Å². The maximum absolute atomic E-state index is 11.8. The number of halogens is 1. The predicted octanol–water partition coefficient (Wildman–Crippen LogP) is 2.58. The van der Waals surface area contributed by atoms with Crippen LogP contribution in [0.4, 0.5) is 0 Å². The third kappa shape index (κ3) is 10.8. The van der Waals surface area contributed by atoms with Crippen LogP contribution in [-0.4, -0.2) is 75.2 Å². The Labute approximate surface area is 180 Å². The van der Waals surface area contributed by atoms with E-state index in [1.54, 1.807) is 30.8 Å². The number of hydrogen-bond donors (Lipinski definition) is 2. The lowest BCUT2D eigenvalue weighted by atomic mass is 9.98. The maximum atomic E-state index is 11.8. The van der Waals surface area contributed by atoms with Crippen molar-refractivity contribution in [1.29, 1.82) is 0 Å². The first-order chi connectivity index (χ1) is 12.1. The van der Waals surface area contributed by atoms with Crippen molar-refractivity contribution in [2.75, 3.05) is 52.3 Å². The van der Waals surface area contributed by atoms with Crippen LogP contribution in [0.15, 0.2) is 4.99 Å². The van der Waals surface area contributed by atoms with Crippen molar-refractivity contribution >= 4 is 47.6 Å². The molecule has 154 valence electrons. The smallest absolute Gasteiger partial charge is 0.243 e. The first kappa shape index (κ1) is 25.8. The van der Waals surface area contributed by atoms with Crippen LogP contribution in [0, 0.1) is 5.92 Å². The average molecular weight is 500 g/mol. The second-order valence-corrected chi connectivity index (χ2v) is 7.61. The molecule has 26 heavy (non-hydrogen) atoms. The fourth-order valence-electron chi connectivity index (χ4n) is 3.07. The Morgan fingerprint density at radius 1 is 1.27 bits per heavy atom. The molecule has 1 unspecified atom stereocenters. The van der Waals surface area contributed by atoms with E-state index in [-0.39, 0.29) is 36.4 Å². The van der Waals surface area contributed by atoms with Gasteiger partial charge in [0.1, 0.15) is 6.54 Å². The van der Waals surface area contributed by atoms with Crippen molar-refractivity contribution < 1.29 is 9.53 Å². The molecule has 0 saturated heterocycles. The third-order valence-electron chi connectivity index (χ3n) is 4.50. The van der Waals surface area contributed by atoms with Gasteiger partial charge in [-0.3, -0.25) is 4.79 Å². The Morgan fingerprint density at radius 2 is 1.92 bits per heavy atom. The molecule has 0 bridgehead atoms. The van der Waals surface area contributed by atoms with Gasteiger partial charge in [-0.15, -0.1) is 24.0 Å². The van der Waals surface area contributed by atoms with Crippen LogP contribution in [0.5, 0.6) is 0 Å². The van der Waals surface area contributed by atoms with Gasteiger partial charge in [0.25, 0.3) is 0 Å². The van der Waals surface area contributed by atoms with Gasteiger partial charge in [-0.25, -0.2) is 4.99 Å². The number of nitrogens with zero attached hydrogens (tertiary/aromatic N) is 2. The van der Waals surface area contributed by atoms with E-state index in [9.17, 15) is 4.79 Å². The van der Waals surface area contributed by atoms with Gasteiger partial charge in [0.05, 0.1) is 6.10 Å². The van der Waals surface area contributed by atoms with E-state index < -0.39 is 0 Å². The van der Waals surface area contributed by atoms with Crippen LogP contribution in [0.3, 0.4) is 0 Å². The number of hydrogen-bond acceptors (Lipinski definition) is 4. The lowest BCUT2D eigenvalue weighted by Gasteiger charge is -2.24. The molecule has 0 spiro atoms. The zero-order valence-electron chi connectivity index (χ0n) is 16.8. The Balaban J connectivity index is 0.00000625. The summed E-state index contributed by atoms with van der Waals surface area (Å²) in [6, 6.07) is 0. The van der Waals surface area contributed by atoms with Gasteiger partial charge >= 0.3 is 0 Å². The summed E-state index contributed by atoms with van der Waals surface area (Å²) in [5.74, 6) is 2.42. The minimum atomic E-state index is 0. The molecular formula is C18H37IN4O2S. The van der Waals surface area contributed by atoms with E-state index in [0.29, 0.717) is 18.0 Å². The van der Waals surface area contributed by atoms with Gasteiger partial charge in [-0.1, -0.05) is 12.8 Å². The summed E-state index contributed by atoms with van der Waals surface area (Å²) >= 11 is 1.78. The number of nitrogens with one attached hydrogen (secondary N) is 2. The fourth-order valence-corrected chi connectivity index (χ4v) is 3.37. The number of amides is 1. The van der Waals surface area contributed by atoms with Gasteiger partial charge in [0.2, 0.25) is 5.91 Å². The first-order valence-electron chi connectivity index (χ1n) is 9.41. The number of aliphatic imine (C=N–C) groups is 1. The number of carbonyl (C=O) groups excluding carboxylic acids is 1. The van der Waals surface area contributed by atoms with Crippen LogP contribution < -0.4 is 10.6 Å². The van der Waals surface area contributed by atoms with Crippen molar-refractivity contribution in [1.82, 2.24) is 15.5 Å². The molecule has 0 radical (unpaired) electrons. The van der Waals surface area contributed by atoms with Crippen LogP contribution in [0.1, 0.15) is 39.0 Å². The molecule has 1 amide bonds. The fraction of sp³-hybridized carbons (Fsp3) is 0.889. The predicted molar refractivity (Wildman–Crippen MR) is 123 cm³/mol. The van der Waals surface area contributed by atoms with Crippen LogP contribution >= 0.6 is 35.7 Å². The molecule has 1 rings (SSSR count). The second kappa shape index (κ2) is 15.8. The molecule has 0 aromatic rings. The highest BCUT2D eigenvalue weighted by molar-refractivity contribution is 14.0. The first-order valence-corrected chi connectivity index (χ1v) is 10.8. The normalized spacial score (nSPS) is 16.1. The highest BCUT2D eigenvalue weighted by Crippen LogP contribution is 2.30. The molecular weight excluding hydrogens is 463 g/mol. The zero-order chi connectivity index (χ0) is 18.5. The molecule has 0 aliphatic heterocycles. The van der Waals surface area contributed by atoms with Gasteiger partial charge in [-0.2, -0.15) is 11.8 Å². The molecule has 1 fully saturated rings. The quantitative estimate of drug-likeness (QED) is 0.198. The Bertz CT molecular complexity index is 405. The number of carbonyl (C=O) groups is 1. The molecule has 6 nitrogen and oxygen atoms in total. The van der Waals surface area contributed by atoms with Crippen LogP contribution in [-0.2, 0) is 9.53 Å². The topological polar surface area (TPSA) is 66.0 Å². The third-order valence-corrected chi connectivity index (χ3v) is 5.11. The summed E-state index contributed by atoms with van der Waals surface area (Å²) in [6.45, 7) is 4.65. The summed E-state index contributed by atoms with van der Waals surface area (Å²) in [7, 11) is 3.50. The largest absolute Gasteiger partial charge is 0.378 e. The molecule has 2 N–H and O–H groups in total. The average Bonchev–Trinajstić information content (AvgIpc) is 3.12. The van der Waals surface area contributed by atoms with E-state index in [1.807, 2.05) is 0 Å². The number of guanidine groups is 1. The van der Waals surface area contributed by atoms with Crippen molar-refractivity contribution in [3.05, 3.63) is 0 Å². The molecule has 1 atom stereocenters. The van der Waals surface area contributed by atoms with Crippen LogP contribution in [0.25, 0.3) is 0 Å². The second-order valence-electron chi connectivity index (χ2n) is 6.63. The Kier molecular flexibility index (Phi) is 15.7. The highest BCUT2D eigenvalue weighted by Gasteiger charge is 2.25. The molecule has 1 saturated carbocycles.